The maximum Gasteiger partial charge on any atom is 0.171 e. The first-order valence-corrected chi connectivity index (χ1v) is 6.28. The fourth-order valence-corrected chi connectivity index (χ4v) is 2.70. The van der Waals surface area contributed by atoms with Crippen LogP contribution in [0.4, 0.5) is 5.82 Å². The summed E-state index contributed by atoms with van der Waals surface area (Å²) in [7, 11) is 2.19. The third-order valence-electron chi connectivity index (χ3n) is 3.64. The lowest BCUT2D eigenvalue weighted by Gasteiger charge is -2.39. The Bertz CT molecular complexity index is 421. The number of rotatable bonds is 0. The van der Waals surface area contributed by atoms with Crippen LogP contribution in [0.2, 0.25) is 0 Å². The lowest BCUT2D eigenvalue weighted by atomic mass is 10.1. The Morgan fingerprint density at radius 3 is 3.18 bits per heavy atom. The Hall–Kier alpha value is -1.29. The molecule has 0 N–H and O–H groups in total. The van der Waals surface area contributed by atoms with Gasteiger partial charge in [-0.3, -0.25) is 0 Å². The molecule has 0 radical (unpaired) electrons. The van der Waals surface area contributed by atoms with Gasteiger partial charge in [0, 0.05) is 38.3 Å². The highest BCUT2D eigenvalue weighted by molar-refractivity contribution is 5.55. The molecule has 1 aromatic heterocycles. The van der Waals surface area contributed by atoms with Crippen molar-refractivity contribution in [2.24, 2.45) is 0 Å². The lowest BCUT2D eigenvalue weighted by Crippen LogP contribution is -2.52. The summed E-state index contributed by atoms with van der Waals surface area (Å²) < 4.78 is 5.83. The van der Waals surface area contributed by atoms with Crippen molar-refractivity contribution in [3.63, 3.8) is 0 Å². The maximum absolute atomic E-state index is 5.83. The van der Waals surface area contributed by atoms with Crippen LogP contribution in [0.25, 0.3) is 0 Å². The van der Waals surface area contributed by atoms with Crippen LogP contribution in [0.15, 0.2) is 12.3 Å². The first-order chi connectivity index (χ1) is 8.24. The van der Waals surface area contributed by atoms with E-state index < -0.39 is 0 Å². The van der Waals surface area contributed by atoms with Crippen molar-refractivity contribution in [1.29, 1.82) is 0 Å². The smallest absolute Gasteiger partial charge is 0.171 e. The van der Waals surface area contributed by atoms with Crippen LogP contribution in [0.1, 0.15) is 12.0 Å². The summed E-state index contributed by atoms with van der Waals surface area (Å²) in [5.41, 5.74) is 1.16. The van der Waals surface area contributed by atoms with Gasteiger partial charge in [0.05, 0.1) is 6.61 Å². The Labute approximate surface area is 102 Å². The van der Waals surface area contributed by atoms with Crippen molar-refractivity contribution in [3.8, 4) is 5.75 Å². The van der Waals surface area contributed by atoms with Crippen LogP contribution < -0.4 is 9.64 Å². The third kappa shape index (κ3) is 1.97. The summed E-state index contributed by atoms with van der Waals surface area (Å²) in [4.78, 5) is 9.38. The van der Waals surface area contributed by atoms with Gasteiger partial charge in [0.25, 0.3) is 0 Å². The van der Waals surface area contributed by atoms with E-state index in [1.807, 2.05) is 6.20 Å². The largest absolute Gasteiger partial charge is 0.490 e. The summed E-state index contributed by atoms with van der Waals surface area (Å²) in [6.45, 7) is 6.12. The standard InChI is InChI=1S/C13H19N3O/c1-10-7-12-13(14-8-10)16-5-4-15(2)9-11(16)3-6-17-12/h7-8,11H,3-6,9H2,1-2H3/t11-/m1/s1. The number of fused-ring (bicyclic) bond motifs is 3. The van der Waals surface area contributed by atoms with E-state index in [-0.39, 0.29) is 0 Å². The summed E-state index contributed by atoms with van der Waals surface area (Å²) in [5, 5.41) is 0. The molecule has 0 spiro atoms. The fraction of sp³-hybridized carbons (Fsp3) is 0.615. The molecule has 1 aromatic rings. The molecule has 2 aliphatic rings. The molecule has 92 valence electrons. The minimum Gasteiger partial charge on any atom is -0.490 e. The fourth-order valence-electron chi connectivity index (χ4n) is 2.70. The van der Waals surface area contributed by atoms with Gasteiger partial charge in [-0.15, -0.1) is 0 Å². The molecule has 4 nitrogen and oxygen atoms in total. The SMILES string of the molecule is Cc1cnc2c(c1)OCC[C@@H]1CN(C)CCN21. The molecule has 1 saturated heterocycles. The number of hydrogen-bond acceptors (Lipinski definition) is 4. The predicted octanol–water partition coefficient (Wildman–Crippen LogP) is 1.29. The van der Waals surface area contributed by atoms with Gasteiger partial charge in [-0.2, -0.15) is 0 Å². The highest BCUT2D eigenvalue weighted by atomic mass is 16.5. The normalized spacial score (nSPS) is 24.6. The Kier molecular flexibility index (Phi) is 2.67. The van der Waals surface area contributed by atoms with E-state index in [2.05, 4.69) is 34.8 Å². The number of anilines is 1. The van der Waals surface area contributed by atoms with Gasteiger partial charge >= 0.3 is 0 Å². The van der Waals surface area contributed by atoms with E-state index in [9.17, 15) is 0 Å². The van der Waals surface area contributed by atoms with Crippen molar-refractivity contribution < 1.29 is 4.74 Å². The second-order valence-corrected chi connectivity index (χ2v) is 5.08. The van der Waals surface area contributed by atoms with Crippen molar-refractivity contribution in [2.45, 2.75) is 19.4 Å². The van der Waals surface area contributed by atoms with E-state index in [1.54, 1.807) is 0 Å². The second-order valence-electron chi connectivity index (χ2n) is 5.08. The van der Waals surface area contributed by atoms with Crippen molar-refractivity contribution in [3.05, 3.63) is 17.8 Å². The minimum absolute atomic E-state index is 0.546. The third-order valence-corrected chi connectivity index (χ3v) is 3.64. The van der Waals surface area contributed by atoms with E-state index in [4.69, 9.17) is 4.74 Å². The molecule has 0 amide bonds. The first kappa shape index (κ1) is 10.8. The number of aromatic nitrogens is 1. The zero-order valence-corrected chi connectivity index (χ0v) is 10.5. The zero-order valence-electron chi connectivity index (χ0n) is 10.5. The van der Waals surface area contributed by atoms with Gasteiger partial charge < -0.3 is 14.5 Å². The van der Waals surface area contributed by atoms with Gasteiger partial charge in [-0.1, -0.05) is 0 Å². The number of hydrogen-bond donors (Lipinski definition) is 0. The average Bonchev–Trinajstić information content (AvgIpc) is 2.47. The summed E-state index contributed by atoms with van der Waals surface area (Å²) in [6, 6.07) is 2.65. The predicted molar refractivity (Wildman–Crippen MR) is 67.7 cm³/mol. The summed E-state index contributed by atoms with van der Waals surface area (Å²) in [5.74, 6) is 1.99. The number of piperazine rings is 1. The van der Waals surface area contributed by atoms with Crippen LogP contribution in [0, 0.1) is 6.92 Å². The molecule has 1 fully saturated rings. The van der Waals surface area contributed by atoms with Crippen molar-refractivity contribution >= 4 is 5.82 Å². The molecule has 0 aliphatic carbocycles. The summed E-state index contributed by atoms with van der Waals surface area (Å²) in [6.07, 6.45) is 3.02. The van der Waals surface area contributed by atoms with E-state index in [1.165, 1.54) is 0 Å². The van der Waals surface area contributed by atoms with Gasteiger partial charge in [-0.05, 0) is 25.6 Å². The number of likely N-dealkylation sites (N-methyl/N-ethyl adjacent to an activating group) is 1. The quantitative estimate of drug-likeness (QED) is 0.675. The molecule has 0 unspecified atom stereocenters. The molecule has 3 rings (SSSR count). The van der Waals surface area contributed by atoms with Gasteiger partial charge in [0.2, 0.25) is 0 Å². The van der Waals surface area contributed by atoms with Crippen LogP contribution in [0.3, 0.4) is 0 Å². The first-order valence-electron chi connectivity index (χ1n) is 6.28. The highest BCUT2D eigenvalue weighted by Crippen LogP contribution is 2.32. The van der Waals surface area contributed by atoms with Crippen LogP contribution in [0.5, 0.6) is 5.75 Å². The monoisotopic (exact) mass is 233 g/mol. The van der Waals surface area contributed by atoms with Gasteiger partial charge in [0.15, 0.2) is 11.6 Å². The minimum atomic E-state index is 0.546. The molecule has 2 aliphatic heterocycles. The molecule has 0 bridgehead atoms. The van der Waals surface area contributed by atoms with Crippen LogP contribution >= 0.6 is 0 Å². The average molecular weight is 233 g/mol. The number of aryl methyl sites for hydroxylation is 1. The molecule has 3 heterocycles. The Morgan fingerprint density at radius 1 is 1.41 bits per heavy atom. The van der Waals surface area contributed by atoms with Crippen molar-refractivity contribution in [2.75, 3.05) is 38.2 Å². The molecular weight excluding hydrogens is 214 g/mol. The number of pyridine rings is 1. The van der Waals surface area contributed by atoms with Gasteiger partial charge in [-0.25, -0.2) is 4.98 Å². The van der Waals surface area contributed by atoms with Crippen LogP contribution in [-0.2, 0) is 0 Å². The van der Waals surface area contributed by atoms with E-state index in [0.717, 1.165) is 49.8 Å². The molecule has 4 heteroatoms. The number of nitrogens with zero attached hydrogens (tertiary/aromatic N) is 3. The summed E-state index contributed by atoms with van der Waals surface area (Å²) >= 11 is 0. The zero-order chi connectivity index (χ0) is 11.8. The van der Waals surface area contributed by atoms with Crippen LogP contribution in [-0.4, -0.2) is 49.2 Å². The molecule has 0 aromatic carbocycles. The lowest BCUT2D eigenvalue weighted by molar-refractivity contribution is 0.242. The topological polar surface area (TPSA) is 28.6 Å². The Balaban J connectivity index is 1.96. The van der Waals surface area contributed by atoms with Crippen molar-refractivity contribution in [1.82, 2.24) is 9.88 Å². The van der Waals surface area contributed by atoms with E-state index in [0.29, 0.717) is 6.04 Å². The number of ether oxygens (including phenoxy) is 1. The molecule has 0 saturated carbocycles. The van der Waals surface area contributed by atoms with Gasteiger partial charge in [0.1, 0.15) is 0 Å². The molecule has 17 heavy (non-hydrogen) atoms. The van der Waals surface area contributed by atoms with E-state index >= 15 is 0 Å². The molecule has 1 atom stereocenters. The Morgan fingerprint density at radius 2 is 2.29 bits per heavy atom. The maximum atomic E-state index is 5.83. The molecular formula is C13H19N3O. The highest BCUT2D eigenvalue weighted by Gasteiger charge is 2.30. The second kappa shape index (κ2) is 4.18.